The number of halogens is 1. The van der Waals surface area contributed by atoms with Crippen molar-refractivity contribution in [2.45, 2.75) is 44.1 Å². The van der Waals surface area contributed by atoms with Crippen LogP contribution >= 0.6 is 15.9 Å². The molecule has 8 nitrogen and oxygen atoms in total. The van der Waals surface area contributed by atoms with Gasteiger partial charge in [-0.2, -0.15) is 4.98 Å². The van der Waals surface area contributed by atoms with E-state index in [4.69, 9.17) is 4.43 Å². The molecular formula is C36H35BrN4O4SSi. The number of carbonyl (C=O) groups is 1. The summed E-state index contributed by atoms with van der Waals surface area (Å²) >= 11 is 3.58. The smallest absolute Gasteiger partial charge is 0.335 e. The van der Waals surface area contributed by atoms with Crippen LogP contribution in [0.4, 0.5) is 22.0 Å². The highest BCUT2D eigenvalue weighted by atomic mass is 79.9. The zero-order chi connectivity index (χ0) is 33.4. The molecule has 0 atom stereocenters. The second-order valence-electron chi connectivity index (χ2n) is 12.6. The number of rotatable bonds is 8. The maximum absolute atomic E-state index is 14.3. The van der Waals surface area contributed by atoms with Gasteiger partial charge in [0.25, 0.3) is 8.32 Å². The summed E-state index contributed by atoms with van der Waals surface area (Å²) in [4.78, 5) is 26.0. The van der Waals surface area contributed by atoms with Crippen molar-refractivity contribution < 1.29 is 17.6 Å². The Balaban J connectivity index is 1.44. The summed E-state index contributed by atoms with van der Waals surface area (Å²) in [6.07, 6.45) is 2.54. The van der Waals surface area contributed by atoms with Crippen LogP contribution in [0.2, 0.25) is 5.04 Å². The Morgan fingerprint density at radius 3 is 2.09 bits per heavy atom. The normalized spacial score (nSPS) is 13.9. The standard InChI is InChI=1S/C36H35BrN4O4SSi/c1-36(2,3)47(29-16-7-5-8-17-29,30-18-9-6-10-19-30)45-25-26-14-13-15-28(22-26)41-33-27(23-38-34(39-33)46(4,43)44)24-40(35(41)42)32-21-12-11-20-31(32)37/h5-23H,24-25H2,1-4H3. The van der Waals surface area contributed by atoms with Gasteiger partial charge in [0.2, 0.25) is 15.0 Å². The molecule has 0 aliphatic carbocycles. The van der Waals surface area contributed by atoms with Crippen molar-refractivity contribution in [3.8, 4) is 0 Å². The molecule has 5 aromatic rings. The van der Waals surface area contributed by atoms with Gasteiger partial charge in [0.1, 0.15) is 0 Å². The Bertz CT molecular complexity index is 2000. The van der Waals surface area contributed by atoms with E-state index in [-0.39, 0.29) is 28.6 Å². The molecule has 0 unspecified atom stereocenters. The number of para-hydroxylation sites is 1. The Kier molecular flexibility index (Phi) is 8.92. The van der Waals surface area contributed by atoms with Crippen LogP contribution in [0.15, 0.2) is 125 Å². The lowest BCUT2D eigenvalue weighted by atomic mass is 10.1. The van der Waals surface area contributed by atoms with Crippen molar-refractivity contribution in [2.24, 2.45) is 0 Å². The molecule has 1 aromatic heterocycles. The zero-order valence-electron chi connectivity index (χ0n) is 26.6. The van der Waals surface area contributed by atoms with Gasteiger partial charge in [-0.05, 0) is 61.2 Å². The first-order valence-electron chi connectivity index (χ1n) is 15.2. The summed E-state index contributed by atoms with van der Waals surface area (Å²) in [6.45, 7) is 7.16. The molecule has 0 spiro atoms. The third-order valence-corrected chi connectivity index (χ3v) is 14.8. The summed E-state index contributed by atoms with van der Waals surface area (Å²) in [5, 5.41) is 1.79. The molecular weight excluding hydrogens is 692 g/mol. The molecule has 2 amide bonds. The average Bonchev–Trinajstić information content (AvgIpc) is 3.05. The van der Waals surface area contributed by atoms with Crippen LogP contribution in [0.5, 0.6) is 0 Å². The van der Waals surface area contributed by atoms with Crippen molar-refractivity contribution in [3.63, 3.8) is 0 Å². The predicted octanol–water partition coefficient (Wildman–Crippen LogP) is 7.00. The van der Waals surface area contributed by atoms with Gasteiger partial charge in [-0.3, -0.25) is 4.90 Å². The number of amides is 2. The first kappa shape index (κ1) is 32.8. The number of aromatic nitrogens is 2. The fourth-order valence-corrected chi connectivity index (χ4v) is 11.7. The summed E-state index contributed by atoms with van der Waals surface area (Å²) in [5.74, 6) is 0.235. The van der Waals surface area contributed by atoms with Crippen LogP contribution in [0.1, 0.15) is 31.9 Å². The third-order valence-electron chi connectivity index (χ3n) is 8.30. The van der Waals surface area contributed by atoms with Gasteiger partial charge in [0.05, 0.1) is 24.5 Å². The van der Waals surface area contributed by atoms with Crippen LogP contribution in [0, 0.1) is 0 Å². The second kappa shape index (κ2) is 12.8. The van der Waals surface area contributed by atoms with Crippen molar-refractivity contribution in [1.29, 1.82) is 0 Å². The molecule has 1 aliphatic rings. The third kappa shape index (κ3) is 6.28. The number of fused-ring (bicyclic) bond motifs is 1. The van der Waals surface area contributed by atoms with Gasteiger partial charge in [0.15, 0.2) is 5.82 Å². The molecule has 47 heavy (non-hydrogen) atoms. The van der Waals surface area contributed by atoms with Crippen LogP contribution in [-0.4, -0.2) is 39.0 Å². The molecule has 0 saturated heterocycles. The second-order valence-corrected chi connectivity index (χ2v) is 19.6. The largest absolute Gasteiger partial charge is 0.403 e. The minimum absolute atomic E-state index is 0.175. The maximum Gasteiger partial charge on any atom is 0.335 e. The number of anilines is 3. The van der Waals surface area contributed by atoms with Crippen LogP contribution in [0.3, 0.4) is 0 Å². The fourth-order valence-electron chi connectivity index (χ4n) is 6.15. The molecule has 11 heteroatoms. The topological polar surface area (TPSA) is 92.7 Å². The number of sulfone groups is 1. The predicted molar refractivity (Wildman–Crippen MR) is 192 cm³/mol. The van der Waals surface area contributed by atoms with E-state index in [1.54, 1.807) is 4.90 Å². The van der Waals surface area contributed by atoms with Gasteiger partial charge < -0.3 is 4.43 Å². The highest BCUT2D eigenvalue weighted by molar-refractivity contribution is 9.10. The molecule has 0 N–H and O–H groups in total. The lowest BCUT2D eigenvalue weighted by Gasteiger charge is -2.43. The van der Waals surface area contributed by atoms with Gasteiger partial charge in [-0.15, -0.1) is 0 Å². The van der Waals surface area contributed by atoms with E-state index in [9.17, 15) is 13.2 Å². The number of urea groups is 1. The van der Waals surface area contributed by atoms with E-state index in [1.165, 1.54) is 21.5 Å². The molecule has 1 aliphatic heterocycles. The summed E-state index contributed by atoms with van der Waals surface area (Å²) in [6, 6.07) is 35.5. The molecule has 2 heterocycles. The number of nitrogens with zero attached hydrogens (tertiary/aromatic N) is 4. The molecule has 4 aromatic carbocycles. The molecule has 240 valence electrons. The number of hydrogen-bond donors (Lipinski definition) is 0. The fraction of sp³-hybridized carbons (Fsp3) is 0.194. The number of hydrogen-bond acceptors (Lipinski definition) is 6. The van der Waals surface area contributed by atoms with E-state index in [0.29, 0.717) is 23.5 Å². The lowest BCUT2D eigenvalue weighted by molar-refractivity contribution is 0.252. The van der Waals surface area contributed by atoms with Crippen LogP contribution < -0.4 is 20.2 Å². The van der Waals surface area contributed by atoms with E-state index in [0.717, 1.165) is 16.3 Å². The molecule has 0 radical (unpaired) electrons. The highest BCUT2D eigenvalue weighted by Crippen LogP contribution is 2.40. The molecule has 0 saturated carbocycles. The summed E-state index contributed by atoms with van der Waals surface area (Å²) in [5.41, 5.74) is 2.68. The first-order chi connectivity index (χ1) is 22.4. The van der Waals surface area contributed by atoms with Crippen molar-refractivity contribution in [3.05, 3.63) is 131 Å². The van der Waals surface area contributed by atoms with Gasteiger partial charge >= 0.3 is 6.03 Å². The minimum Gasteiger partial charge on any atom is -0.403 e. The highest BCUT2D eigenvalue weighted by Gasteiger charge is 2.50. The van der Waals surface area contributed by atoms with E-state index < -0.39 is 18.2 Å². The number of benzene rings is 4. The van der Waals surface area contributed by atoms with E-state index in [1.807, 2.05) is 60.7 Å². The molecule has 0 bridgehead atoms. The monoisotopic (exact) mass is 726 g/mol. The Hall–Kier alpha value is -4.16. The Morgan fingerprint density at radius 1 is 0.872 bits per heavy atom. The summed E-state index contributed by atoms with van der Waals surface area (Å²) < 4.78 is 32.9. The quantitative estimate of drug-likeness (QED) is 0.126. The molecule has 6 rings (SSSR count). The first-order valence-corrected chi connectivity index (χ1v) is 19.8. The number of carbonyl (C=O) groups excluding carboxylic acids is 1. The van der Waals surface area contributed by atoms with E-state index in [2.05, 4.69) is 95.2 Å². The van der Waals surface area contributed by atoms with Crippen LogP contribution in [0.25, 0.3) is 0 Å². The van der Waals surface area contributed by atoms with Crippen molar-refractivity contribution >= 4 is 67.7 Å². The average molecular weight is 728 g/mol. The Labute approximate surface area is 285 Å². The van der Waals surface area contributed by atoms with Gasteiger partial charge in [0, 0.05) is 22.5 Å². The van der Waals surface area contributed by atoms with E-state index >= 15 is 0 Å². The summed E-state index contributed by atoms with van der Waals surface area (Å²) in [7, 11) is -6.56. The zero-order valence-corrected chi connectivity index (χ0v) is 30.0. The maximum atomic E-state index is 14.3. The van der Waals surface area contributed by atoms with Crippen molar-refractivity contribution in [1.82, 2.24) is 9.97 Å². The van der Waals surface area contributed by atoms with Gasteiger partial charge in [-0.25, -0.2) is 23.1 Å². The Morgan fingerprint density at radius 2 is 1.49 bits per heavy atom. The van der Waals surface area contributed by atoms with Crippen molar-refractivity contribution in [2.75, 3.05) is 16.1 Å². The lowest BCUT2D eigenvalue weighted by Crippen LogP contribution is -2.66. The van der Waals surface area contributed by atoms with Gasteiger partial charge in [-0.1, -0.05) is 106 Å². The molecule has 0 fully saturated rings. The SMILES string of the molecule is CC(C)(C)[Si](OCc1cccc(N2C(=O)N(c3ccccc3Br)Cc3cnc(S(C)(=O)=O)nc32)c1)(c1ccccc1)c1ccccc1. The van der Waals surface area contributed by atoms with Crippen LogP contribution in [-0.2, 0) is 27.4 Å². The minimum atomic E-state index is -3.73.